The van der Waals surface area contributed by atoms with E-state index in [1.165, 1.54) is 0 Å². The van der Waals surface area contributed by atoms with Crippen LogP contribution in [-0.2, 0) is 21.1 Å². The maximum Gasteiger partial charge on any atom is 2.00 e. The fraction of sp³-hybridized carbons (Fsp3) is 0.500. The first kappa shape index (κ1) is 23.0. The Morgan fingerprint density at radius 1 is 1.43 bits per heavy atom. The predicted octanol–water partition coefficient (Wildman–Crippen LogP) is 2.17. The summed E-state index contributed by atoms with van der Waals surface area (Å²) in [6.07, 6.45) is 0. The van der Waals surface area contributed by atoms with Crippen LogP contribution in [0.15, 0.2) is 0 Å². The first-order valence-electron chi connectivity index (χ1n) is 0.905. The Morgan fingerprint density at radius 3 is 1.43 bits per heavy atom. The molecule has 0 aromatic carbocycles. The van der Waals surface area contributed by atoms with Gasteiger partial charge in [-0.1, -0.05) is 0 Å². The molecule has 0 aromatic rings. The normalized spacial score (nSPS) is 3.43. The number of nitrogens with two attached hydrogens (primary N) is 1. The molecule has 0 atom stereocenters. The molecule has 2 nitrogen and oxygen atoms in total. The Hall–Kier alpha value is 2.07. The summed E-state index contributed by atoms with van der Waals surface area (Å²) in [4.78, 5) is 0. The van der Waals surface area contributed by atoms with E-state index in [0.29, 0.717) is 0 Å². The number of hydrogen-bond acceptors (Lipinski definition) is 1. The van der Waals surface area contributed by atoms with Crippen molar-refractivity contribution in [2.24, 2.45) is 5.73 Å². The van der Waals surface area contributed by atoms with Crippen molar-refractivity contribution >= 4 is 37.2 Å². The Labute approximate surface area is 82.7 Å². The Balaban J connectivity index is -0.0000000105. The van der Waals surface area contributed by atoms with Crippen LogP contribution in [0.2, 0.25) is 0 Å². The van der Waals surface area contributed by atoms with Crippen LogP contribution in [0.5, 0.6) is 0 Å². The molecule has 0 heterocycles. The van der Waals surface area contributed by atoms with Crippen LogP contribution >= 0.6 is 37.2 Å². The summed E-state index contributed by atoms with van der Waals surface area (Å²) in [5, 5.41) is 0. The van der Waals surface area contributed by atoms with Crippen molar-refractivity contribution in [1.82, 2.24) is 0 Å². The van der Waals surface area contributed by atoms with E-state index in [-0.39, 0.29) is 35.2 Å². The van der Waals surface area contributed by atoms with E-state index in [4.69, 9.17) is 5.73 Å². The molecule has 0 saturated heterocycles. The maximum absolute atomic E-state index is 5.99. The molecule has 0 saturated carbocycles. The minimum Gasteiger partial charge on any atom is -0.665 e. The van der Waals surface area contributed by atoms with Gasteiger partial charge in [-0.15, -0.1) is 6.67 Å². The van der Waals surface area contributed by atoms with E-state index in [1.807, 2.05) is 0 Å². The number of rotatable bonds is 0. The average molecular weight is 509 g/mol. The number of nitrogens with one attached hydrogen (secondary N) is 1. The van der Waals surface area contributed by atoms with Crippen molar-refractivity contribution in [3.63, 3.8) is 0 Å². The number of hydrogen-bond donors (Lipinski definition) is 1. The topological polar surface area (TPSA) is 49.8 Å². The van der Waals surface area contributed by atoms with E-state index >= 15 is 0 Å². The fourth-order valence-electron chi connectivity index (χ4n) is 0. The van der Waals surface area contributed by atoms with Gasteiger partial charge in [-0.2, -0.15) is 0 Å². The van der Waals surface area contributed by atoms with Gasteiger partial charge in [-0.25, -0.2) is 0 Å². The molecule has 0 aromatic heterocycles. The summed E-state index contributed by atoms with van der Waals surface area (Å²) in [6.45, 7) is 0. The zero-order valence-electron chi connectivity index (χ0n) is 3.86. The van der Waals surface area contributed by atoms with Gasteiger partial charge in [0.05, 0.1) is 0 Å². The summed E-state index contributed by atoms with van der Waals surface area (Å²) in [7, 11) is 0. The summed E-state index contributed by atoms with van der Waals surface area (Å²) in [5.74, 6) is 0. The molecule has 0 spiro atoms. The average Bonchev–Trinajstić information content (AvgIpc) is 1.46. The Morgan fingerprint density at radius 2 is 1.43 bits per heavy atom. The minimum atomic E-state index is 0. The SMILES string of the molecule is II.[CH3-].[NH-]CN.[Pt+2]. The molecule has 0 unspecified atom stereocenters. The third-order valence-electron chi connectivity index (χ3n) is 0. The van der Waals surface area contributed by atoms with Crippen LogP contribution in [0.4, 0.5) is 0 Å². The second-order valence-electron chi connectivity index (χ2n) is 0.204. The van der Waals surface area contributed by atoms with Crippen molar-refractivity contribution in [1.29, 1.82) is 0 Å². The van der Waals surface area contributed by atoms with Crippen LogP contribution in [0.3, 0.4) is 0 Å². The molecule has 3 N–H and O–H groups in total. The quantitative estimate of drug-likeness (QED) is 0.396. The van der Waals surface area contributed by atoms with Crippen molar-refractivity contribution in [2.45, 2.75) is 0 Å². The van der Waals surface area contributed by atoms with Crippen LogP contribution in [0.25, 0.3) is 5.73 Å². The second-order valence-corrected chi connectivity index (χ2v) is 0.204. The third kappa shape index (κ3) is 69.5. The van der Waals surface area contributed by atoms with Crippen LogP contribution in [0, 0.1) is 7.43 Å². The second kappa shape index (κ2) is 42.8. The molecular formula is C2H8I2N2Pt. The van der Waals surface area contributed by atoms with Gasteiger partial charge in [-0.05, 0) is 0 Å². The van der Waals surface area contributed by atoms with Gasteiger partial charge in [0.1, 0.15) is 0 Å². The van der Waals surface area contributed by atoms with Gasteiger partial charge in [0, 0.05) is 37.2 Å². The molecule has 0 aliphatic heterocycles. The van der Waals surface area contributed by atoms with E-state index < -0.39 is 0 Å². The molecule has 0 fully saturated rings. The largest absolute Gasteiger partial charge is 2.00 e. The van der Waals surface area contributed by atoms with Gasteiger partial charge >= 0.3 is 21.1 Å². The van der Waals surface area contributed by atoms with E-state index in [1.54, 1.807) is 0 Å². The summed E-state index contributed by atoms with van der Waals surface area (Å²) in [5.41, 5.74) is 10.5. The summed E-state index contributed by atoms with van der Waals surface area (Å²) >= 11 is 4.24. The molecule has 50 valence electrons. The van der Waals surface area contributed by atoms with Crippen LogP contribution in [-0.4, -0.2) is 6.67 Å². The molecular weight excluding hydrogens is 501 g/mol. The smallest absolute Gasteiger partial charge is 0.665 e. The molecule has 0 amide bonds. The fourth-order valence-corrected chi connectivity index (χ4v) is 0. The molecule has 0 aliphatic carbocycles. The van der Waals surface area contributed by atoms with Crippen molar-refractivity contribution in [3.8, 4) is 0 Å². The van der Waals surface area contributed by atoms with Gasteiger partial charge in [0.15, 0.2) is 0 Å². The monoisotopic (exact) mass is 509 g/mol. The van der Waals surface area contributed by atoms with E-state index in [9.17, 15) is 0 Å². The third-order valence-corrected chi connectivity index (χ3v) is 0. The molecule has 5 heteroatoms. The van der Waals surface area contributed by atoms with Crippen LogP contribution in [0.1, 0.15) is 0 Å². The van der Waals surface area contributed by atoms with Gasteiger partial charge in [-0.3, -0.25) is 0 Å². The molecule has 0 bridgehead atoms. The van der Waals surface area contributed by atoms with Crippen molar-refractivity contribution < 1.29 is 21.1 Å². The van der Waals surface area contributed by atoms with E-state index in [0.717, 1.165) is 0 Å². The maximum atomic E-state index is 5.99. The molecule has 0 rings (SSSR count). The zero-order valence-corrected chi connectivity index (χ0v) is 10.4. The standard InChI is InChI=1S/CH5N2.CH3.I2.Pt/c2-1-3;;1-2;/h2H,1,3H2;1H3;;/q2*-1;;+2. The van der Waals surface area contributed by atoms with Gasteiger partial charge < -0.3 is 18.9 Å². The first-order valence-corrected chi connectivity index (χ1v) is 7.19. The number of halogens is 2. The Kier molecular flexibility index (Phi) is 141. The Bertz CT molecular complexity index is 13.7. The van der Waals surface area contributed by atoms with Crippen molar-refractivity contribution in [2.75, 3.05) is 6.67 Å². The van der Waals surface area contributed by atoms with Gasteiger partial charge in [0.25, 0.3) is 0 Å². The predicted molar refractivity (Wildman–Crippen MR) is 47.8 cm³/mol. The summed E-state index contributed by atoms with van der Waals surface area (Å²) in [6, 6.07) is 0. The summed E-state index contributed by atoms with van der Waals surface area (Å²) < 4.78 is 0. The van der Waals surface area contributed by atoms with Crippen molar-refractivity contribution in [3.05, 3.63) is 13.2 Å². The van der Waals surface area contributed by atoms with Gasteiger partial charge in [0.2, 0.25) is 0 Å². The molecule has 0 radical (unpaired) electrons. The molecule has 7 heavy (non-hydrogen) atoms. The minimum absolute atomic E-state index is 0. The van der Waals surface area contributed by atoms with Crippen LogP contribution < -0.4 is 5.73 Å². The zero-order chi connectivity index (χ0) is 4.71. The molecule has 0 aliphatic rings. The van der Waals surface area contributed by atoms with E-state index in [2.05, 4.69) is 43.0 Å². The first-order chi connectivity index (χ1) is 2.41.